The first kappa shape index (κ1) is 29.6. The van der Waals surface area contributed by atoms with E-state index in [1.807, 2.05) is 10.4 Å². The van der Waals surface area contributed by atoms with Gasteiger partial charge in [0.05, 0.1) is 32.7 Å². The highest BCUT2D eigenvalue weighted by Gasteiger charge is 2.53. The Hall–Kier alpha value is -4.09. The highest BCUT2D eigenvalue weighted by molar-refractivity contribution is 7.98. The van der Waals surface area contributed by atoms with Crippen LogP contribution in [0.5, 0.6) is 0 Å². The molecule has 0 saturated heterocycles. The summed E-state index contributed by atoms with van der Waals surface area (Å²) in [7, 11) is -3.05. The minimum absolute atomic E-state index is 0.0107. The number of carbonyl (C=O) groups excluding carboxylic acids is 1. The number of carbonyl (C=O) groups is 1. The number of fused-ring (bicyclic) bond motifs is 2. The van der Waals surface area contributed by atoms with E-state index in [9.17, 15) is 26.6 Å². The molecule has 0 spiro atoms. The average molecular weight is 635 g/mol. The number of rotatable bonds is 8. The standard InChI is InChI=1S/C34H30F4N4O2S/c1-45(44,29-12-5-25(36)6-13-29)42(27-10-11-27)28-7-2-23-17-31-22(20-40-41(31)26-8-3-24(35)4-9-26)18-34(23,19-28)32(43)30-16-21(33(37)38)14-15-39-30/h3-6,8-9,12-17,20,27-28,33H,1-2,7,10-11,18-19H2/t28-,34-,45?/m0/s1. The number of hydrogen-bond donors (Lipinski definition) is 0. The smallest absolute Gasteiger partial charge is 0.263 e. The summed E-state index contributed by atoms with van der Waals surface area (Å²) in [6.07, 6.45) is 5.26. The topological polar surface area (TPSA) is 68.1 Å². The second-order valence-electron chi connectivity index (χ2n) is 12.1. The van der Waals surface area contributed by atoms with Crippen molar-refractivity contribution in [3.05, 3.63) is 113 Å². The Morgan fingerprint density at radius 1 is 1.00 bits per heavy atom. The molecular weight excluding hydrogens is 604 g/mol. The van der Waals surface area contributed by atoms with Crippen LogP contribution in [0.15, 0.2) is 83.5 Å². The van der Waals surface area contributed by atoms with Gasteiger partial charge in [0.15, 0.2) is 5.78 Å². The number of pyridine rings is 1. The molecule has 0 N–H and O–H groups in total. The van der Waals surface area contributed by atoms with Crippen LogP contribution in [0.4, 0.5) is 17.6 Å². The second-order valence-corrected chi connectivity index (χ2v) is 14.2. The fourth-order valence-corrected chi connectivity index (χ4v) is 9.08. The molecule has 7 rings (SSSR count). The van der Waals surface area contributed by atoms with E-state index in [0.29, 0.717) is 23.4 Å². The van der Waals surface area contributed by atoms with E-state index in [-0.39, 0.29) is 47.8 Å². The molecule has 2 fully saturated rings. The van der Waals surface area contributed by atoms with Gasteiger partial charge in [-0.3, -0.25) is 9.78 Å². The number of aromatic nitrogens is 3. The van der Waals surface area contributed by atoms with Gasteiger partial charge in [0.25, 0.3) is 6.43 Å². The van der Waals surface area contributed by atoms with Crippen molar-refractivity contribution < 1.29 is 26.6 Å². The molecule has 4 aromatic rings. The zero-order chi connectivity index (χ0) is 31.5. The maximum absolute atomic E-state index is 14.6. The van der Waals surface area contributed by atoms with Crippen LogP contribution in [0.25, 0.3) is 11.8 Å². The maximum Gasteiger partial charge on any atom is 0.263 e. The Bertz CT molecular complexity index is 1920. The van der Waals surface area contributed by atoms with E-state index >= 15 is 0 Å². The summed E-state index contributed by atoms with van der Waals surface area (Å²) >= 11 is 0. The second kappa shape index (κ2) is 11.1. The van der Waals surface area contributed by atoms with Crippen molar-refractivity contribution in [1.82, 2.24) is 19.1 Å². The molecule has 1 unspecified atom stereocenters. The highest BCUT2D eigenvalue weighted by atomic mass is 32.2. The Kier molecular flexibility index (Phi) is 7.28. The van der Waals surface area contributed by atoms with Gasteiger partial charge in [-0.25, -0.2) is 30.8 Å². The van der Waals surface area contributed by atoms with Crippen LogP contribution in [0.1, 0.15) is 65.8 Å². The third-order valence-corrected chi connectivity index (χ3v) is 11.5. The lowest BCUT2D eigenvalue weighted by Crippen LogP contribution is -2.51. The molecule has 3 atom stereocenters. The molecule has 6 nitrogen and oxygen atoms in total. The van der Waals surface area contributed by atoms with Crippen molar-refractivity contribution in [3.63, 3.8) is 0 Å². The fourth-order valence-electron chi connectivity index (χ4n) is 6.92. The third-order valence-electron chi connectivity index (χ3n) is 9.20. The van der Waals surface area contributed by atoms with Crippen LogP contribution in [0.2, 0.25) is 0 Å². The highest BCUT2D eigenvalue weighted by Crippen LogP contribution is 2.52. The third kappa shape index (κ3) is 5.21. The van der Waals surface area contributed by atoms with E-state index < -0.39 is 27.4 Å². The predicted molar refractivity (Wildman–Crippen MR) is 164 cm³/mol. The number of halogens is 4. The van der Waals surface area contributed by atoms with Crippen molar-refractivity contribution in [3.8, 4) is 5.69 Å². The number of hydrogen-bond acceptors (Lipinski definition) is 4. The predicted octanol–water partition coefficient (Wildman–Crippen LogP) is 7.00. The summed E-state index contributed by atoms with van der Waals surface area (Å²) in [5.41, 5.74) is 1.50. The molecule has 0 radical (unpaired) electrons. The molecule has 2 saturated carbocycles. The monoisotopic (exact) mass is 634 g/mol. The van der Waals surface area contributed by atoms with E-state index in [0.717, 1.165) is 35.7 Å². The molecular formula is C34H30F4N4O2S. The lowest BCUT2D eigenvalue weighted by atomic mass is 9.60. The van der Waals surface area contributed by atoms with Crippen LogP contribution in [-0.2, 0) is 16.1 Å². The first-order chi connectivity index (χ1) is 21.6. The number of Topliss-reactive ketones (excluding diaryl/α,β-unsaturated/α-hetero) is 1. The maximum atomic E-state index is 14.6. The quantitative estimate of drug-likeness (QED) is 0.119. The number of allylic oxidation sites excluding steroid dienone is 1. The summed E-state index contributed by atoms with van der Waals surface area (Å²) in [6, 6.07) is 13.5. The summed E-state index contributed by atoms with van der Waals surface area (Å²) < 4.78 is 72.9. The van der Waals surface area contributed by atoms with Gasteiger partial charge in [-0.05, 0) is 117 Å². The average Bonchev–Trinajstić information content (AvgIpc) is 3.78. The number of nitrogens with zero attached hydrogens (tertiary/aromatic N) is 4. The zero-order valence-electron chi connectivity index (χ0n) is 24.2. The largest absolute Gasteiger partial charge is 0.291 e. The summed E-state index contributed by atoms with van der Waals surface area (Å²) in [6.45, 7) is 0. The Labute approximate surface area is 258 Å². The Morgan fingerprint density at radius 3 is 2.36 bits per heavy atom. The fraction of sp³-hybridized carbons (Fsp3) is 0.294. The van der Waals surface area contributed by atoms with Gasteiger partial charge >= 0.3 is 0 Å². The van der Waals surface area contributed by atoms with Crippen molar-refractivity contribution in [2.75, 3.05) is 0 Å². The van der Waals surface area contributed by atoms with Gasteiger partial charge in [0, 0.05) is 28.7 Å². The van der Waals surface area contributed by atoms with Crippen LogP contribution in [0.3, 0.4) is 0 Å². The van der Waals surface area contributed by atoms with Crippen molar-refractivity contribution in [1.29, 1.82) is 0 Å². The van der Waals surface area contributed by atoms with E-state index in [2.05, 4.69) is 16.0 Å². The molecule has 0 aliphatic heterocycles. The molecule has 3 aliphatic carbocycles. The van der Waals surface area contributed by atoms with Crippen molar-refractivity contribution >= 4 is 27.4 Å². The normalized spacial score (nSPS) is 22.4. The number of benzene rings is 2. The molecule has 11 heteroatoms. The molecule has 0 amide bonds. The van der Waals surface area contributed by atoms with Gasteiger partial charge in [0.2, 0.25) is 0 Å². The van der Waals surface area contributed by atoms with E-state index in [1.54, 1.807) is 23.0 Å². The minimum atomic E-state index is -3.05. The first-order valence-electron chi connectivity index (χ1n) is 14.8. The van der Waals surface area contributed by atoms with Gasteiger partial charge in [-0.15, -0.1) is 0 Å². The van der Waals surface area contributed by atoms with E-state index in [1.165, 1.54) is 48.7 Å². The van der Waals surface area contributed by atoms with Crippen LogP contribution in [-0.4, -0.2) is 47.0 Å². The molecule has 45 heavy (non-hydrogen) atoms. The molecule has 2 heterocycles. The van der Waals surface area contributed by atoms with Gasteiger partial charge in [-0.1, -0.05) is 5.57 Å². The lowest BCUT2D eigenvalue weighted by Gasteiger charge is -2.47. The molecule has 232 valence electrons. The molecule has 0 bridgehead atoms. The van der Waals surface area contributed by atoms with Crippen LogP contribution < -0.4 is 0 Å². The van der Waals surface area contributed by atoms with Gasteiger partial charge in [0.1, 0.15) is 17.3 Å². The molecule has 3 aliphatic rings. The minimum Gasteiger partial charge on any atom is -0.291 e. The number of ketones is 1. The lowest BCUT2D eigenvalue weighted by molar-refractivity contribution is 0.0736. The van der Waals surface area contributed by atoms with Crippen molar-refractivity contribution in [2.45, 2.75) is 61.9 Å². The summed E-state index contributed by atoms with van der Waals surface area (Å²) in [5, 5.41) is 4.56. The Balaban J connectivity index is 1.32. The Morgan fingerprint density at radius 2 is 1.69 bits per heavy atom. The molecule has 2 aromatic carbocycles. The first-order valence-corrected chi connectivity index (χ1v) is 16.5. The van der Waals surface area contributed by atoms with Gasteiger partial charge in [-0.2, -0.15) is 5.10 Å². The SMILES string of the molecule is C=S(=O)(c1ccc(F)cc1)N(C1CC1)[C@H]1CCC2=Cc3c(cnn3-c3ccc(F)cc3)C[C@]2(C(=O)c2cc(C(F)F)ccn2)C1. The van der Waals surface area contributed by atoms with Crippen LogP contribution >= 0.6 is 0 Å². The zero-order valence-corrected chi connectivity index (χ0v) is 25.0. The van der Waals surface area contributed by atoms with Crippen molar-refractivity contribution in [2.24, 2.45) is 5.41 Å². The summed E-state index contributed by atoms with van der Waals surface area (Å²) in [5.74, 6) is 2.95. The van der Waals surface area contributed by atoms with Gasteiger partial charge < -0.3 is 0 Å². The molecule has 2 aromatic heterocycles. The summed E-state index contributed by atoms with van der Waals surface area (Å²) in [4.78, 5) is 19.3. The van der Waals surface area contributed by atoms with Crippen LogP contribution in [0, 0.1) is 17.0 Å². The van der Waals surface area contributed by atoms with E-state index in [4.69, 9.17) is 0 Å². The number of alkyl halides is 2.